The maximum Gasteiger partial charge on any atom is 0.340 e. The first-order chi connectivity index (χ1) is 13.6. The molecule has 0 bridgehead atoms. The van der Waals surface area contributed by atoms with E-state index in [0.717, 1.165) is 16.5 Å². The van der Waals surface area contributed by atoms with Gasteiger partial charge in [-0.2, -0.15) is 0 Å². The van der Waals surface area contributed by atoms with Gasteiger partial charge in [-0.05, 0) is 49.4 Å². The molecule has 29 heavy (non-hydrogen) atoms. The molecule has 2 aromatic heterocycles. The van der Waals surface area contributed by atoms with E-state index in [1.807, 2.05) is 20.8 Å². The highest BCUT2D eigenvalue weighted by molar-refractivity contribution is 6.07. The van der Waals surface area contributed by atoms with Crippen LogP contribution in [-0.2, 0) is 16.0 Å². The molecule has 1 amide bonds. The molecule has 1 N–H and O–H groups in total. The highest BCUT2D eigenvalue weighted by atomic mass is 16.4. The molecule has 0 fully saturated rings. The summed E-state index contributed by atoms with van der Waals surface area (Å²) in [4.78, 5) is 36.4. The molecule has 0 spiro atoms. The van der Waals surface area contributed by atoms with E-state index in [1.165, 1.54) is 0 Å². The Bertz CT molecular complexity index is 1170. The Hall–Kier alpha value is -3.09. The Morgan fingerprint density at radius 3 is 2.48 bits per heavy atom. The van der Waals surface area contributed by atoms with Crippen LogP contribution < -0.4 is 16.0 Å². The van der Waals surface area contributed by atoms with Gasteiger partial charge in [0.25, 0.3) is 0 Å². The number of aliphatic carboxylic acids is 1. The van der Waals surface area contributed by atoms with Gasteiger partial charge in [0, 0.05) is 5.39 Å². The van der Waals surface area contributed by atoms with Crippen LogP contribution in [0.25, 0.3) is 21.9 Å². The molecule has 7 nitrogen and oxygen atoms in total. The third kappa shape index (κ3) is 3.64. The van der Waals surface area contributed by atoms with E-state index in [1.54, 1.807) is 26.2 Å². The second-order valence-electron chi connectivity index (χ2n) is 7.61. The van der Waals surface area contributed by atoms with Crippen molar-refractivity contribution in [3.63, 3.8) is 0 Å². The van der Waals surface area contributed by atoms with Crippen molar-refractivity contribution in [3.8, 4) is 0 Å². The molecule has 0 unspecified atom stereocenters. The van der Waals surface area contributed by atoms with Gasteiger partial charge in [0.1, 0.15) is 11.2 Å². The largest absolute Gasteiger partial charge is 0.548 e. The second-order valence-corrected chi connectivity index (χ2v) is 7.61. The molecule has 2 heterocycles. The first kappa shape index (κ1) is 20.6. The summed E-state index contributed by atoms with van der Waals surface area (Å²) in [5.74, 6) is -2.22. The van der Waals surface area contributed by atoms with Gasteiger partial charge in [-0.15, -0.1) is 0 Å². The minimum atomic E-state index is -1.35. The Morgan fingerprint density at radius 2 is 1.86 bits per heavy atom. The lowest BCUT2D eigenvalue weighted by molar-refractivity contribution is -0.309. The fourth-order valence-electron chi connectivity index (χ4n) is 3.73. The number of benzene rings is 1. The molecule has 0 radical (unpaired) electrons. The highest BCUT2D eigenvalue weighted by Crippen LogP contribution is 2.34. The summed E-state index contributed by atoms with van der Waals surface area (Å²) in [6.45, 7) is 9.12. The predicted molar refractivity (Wildman–Crippen MR) is 107 cm³/mol. The van der Waals surface area contributed by atoms with Crippen LogP contribution in [0.5, 0.6) is 0 Å². The lowest BCUT2D eigenvalue weighted by Crippen LogP contribution is -2.51. The first-order valence-corrected chi connectivity index (χ1v) is 9.59. The maximum atomic E-state index is 12.5. The number of carboxylic acids is 1. The Balaban J connectivity index is 2.05. The van der Waals surface area contributed by atoms with Crippen molar-refractivity contribution in [3.05, 3.63) is 45.0 Å². The molecule has 0 saturated carbocycles. The van der Waals surface area contributed by atoms with Crippen LogP contribution in [0.4, 0.5) is 0 Å². The Morgan fingerprint density at radius 1 is 1.17 bits per heavy atom. The molecule has 1 aromatic carbocycles. The number of aryl methyl sites for hydroxylation is 3. The van der Waals surface area contributed by atoms with E-state index in [-0.39, 0.29) is 17.9 Å². The quantitative estimate of drug-likeness (QED) is 0.638. The van der Waals surface area contributed by atoms with Crippen LogP contribution >= 0.6 is 0 Å². The Kier molecular flexibility index (Phi) is 5.50. The van der Waals surface area contributed by atoms with Gasteiger partial charge in [-0.3, -0.25) is 4.79 Å². The van der Waals surface area contributed by atoms with Crippen molar-refractivity contribution in [2.24, 2.45) is 5.92 Å². The minimum Gasteiger partial charge on any atom is -0.548 e. The van der Waals surface area contributed by atoms with Crippen molar-refractivity contribution < 1.29 is 23.5 Å². The molecular weight excluding hydrogens is 374 g/mol. The van der Waals surface area contributed by atoms with Crippen molar-refractivity contribution in [1.29, 1.82) is 0 Å². The third-order valence-electron chi connectivity index (χ3n) is 5.59. The summed E-state index contributed by atoms with van der Waals surface area (Å²) >= 11 is 0. The third-order valence-corrected chi connectivity index (χ3v) is 5.59. The maximum absolute atomic E-state index is 12.5. The molecule has 2 atom stereocenters. The van der Waals surface area contributed by atoms with Gasteiger partial charge in [0.05, 0.1) is 35.6 Å². The average Bonchev–Trinajstić information content (AvgIpc) is 3.04. The van der Waals surface area contributed by atoms with Crippen LogP contribution in [0.2, 0.25) is 0 Å². The number of carboxylic acid groups (broad SMARTS) is 1. The minimum absolute atomic E-state index is 0.176. The Labute approximate surface area is 167 Å². The number of carbonyl (C=O) groups is 2. The van der Waals surface area contributed by atoms with Crippen LogP contribution in [0.15, 0.2) is 26.0 Å². The molecule has 0 saturated heterocycles. The number of fused-ring (bicyclic) bond motifs is 3. The number of nitrogens with one attached hydrogen (secondary N) is 1. The van der Waals surface area contributed by atoms with Crippen molar-refractivity contribution in [2.45, 2.75) is 53.5 Å². The molecule has 0 aliphatic carbocycles. The van der Waals surface area contributed by atoms with Crippen LogP contribution in [0, 0.1) is 26.7 Å². The van der Waals surface area contributed by atoms with Gasteiger partial charge in [-0.1, -0.05) is 20.3 Å². The SMILES string of the molecule is CC[C@@H](C)[C@H](NC(=O)Cc1c(C)c2c(cc(C)c3c(C)coc32)oc1=O)C(=O)[O-]. The lowest BCUT2D eigenvalue weighted by atomic mass is 9.97. The zero-order valence-electron chi connectivity index (χ0n) is 17.2. The predicted octanol–water partition coefficient (Wildman–Crippen LogP) is 2.29. The summed E-state index contributed by atoms with van der Waals surface area (Å²) in [6, 6.07) is 0.662. The van der Waals surface area contributed by atoms with Gasteiger partial charge in [0.15, 0.2) is 0 Å². The fraction of sp³-hybridized carbons (Fsp3) is 0.409. The zero-order chi connectivity index (χ0) is 21.5. The fourth-order valence-corrected chi connectivity index (χ4v) is 3.73. The summed E-state index contributed by atoms with van der Waals surface area (Å²) < 4.78 is 11.2. The van der Waals surface area contributed by atoms with Gasteiger partial charge in [0.2, 0.25) is 5.91 Å². The van der Waals surface area contributed by atoms with Crippen molar-refractivity contribution >= 4 is 33.8 Å². The number of amides is 1. The average molecular weight is 398 g/mol. The molecule has 7 heteroatoms. The molecular formula is C22H24NO6-. The van der Waals surface area contributed by atoms with Gasteiger partial charge in [-0.25, -0.2) is 4.79 Å². The number of hydrogen-bond acceptors (Lipinski definition) is 6. The molecule has 0 aliphatic heterocycles. The summed E-state index contributed by atoms with van der Waals surface area (Å²) in [7, 11) is 0. The van der Waals surface area contributed by atoms with Crippen molar-refractivity contribution in [2.75, 3.05) is 0 Å². The van der Waals surface area contributed by atoms with Crippen molar-refractivity contribution in [1.82, 2.24) is 5.32 Å². The molecule has 3 rings (SSSR count). The van der Waals surface area contributed by atoms with Gasteiger partial charge < -0.3 is 24.1 Å². The highest BCUT2D eigenvalue weighted by Gasteiger charge is 2.23. The summed E-state index contributed by atoms with van der Waals surface area (Å²) in [5, 5.41) is 15.4. The van der Waals surface area contributed by atoms with E-state index < -0.39 is 23.5 Å². The molecule has 154 valence electrons. The number of rotatable bonds is 6. The summed E-state index contributed by atoms with van der Waals surface area (Å²) in [5.41, 5.74) is 3.03. The van der Waals surface area contributed by atoms with Gasteiger partial charge >= 0.3 is 5.63 Å². The van der Waals surface area contributed by atoms with E-state index in [9.17, 15) is 19.5 Å². The summed E-state index contributed by atoms with van der Waals surface area (Å²) in [6.07, 6.45) is 1.91. The van der Waals surface area contributed by atoms with Crippen LogP contribution in [0.1, 0.15) is 42.5 Å². The van der Waals surface area contributed by atoms with E-state index in [4.69, 9.17) is 8.83 Å². The smallest absolute Gasteiger partial charge is 0.340 e. The molecule has 0 aliphatic rings. The van der Waals surface area contributed by atoms with E-state index in [2.05, 4.69) is 5.32 Å². The van der Waals surface area contributed by atoms with E-state index in [0.29, 0.717) is 28.5 Å². The lowest BCUT2D eigenvalue weighted by Gasteiger charge is -2.25. The number of hydrogen-bond donors (Lipinski definition) is 1. The molecule has 3 aromatic rings. The van der Waals surface area contributed by atoms with E-state index >= 15 is 0 Å². The second kappa shape index (κ2) is 7.73. The van der Waals surface area contributed by atoms with Crippen LogP contribution in [0.3, 0.4) is 0 Å². The zero-order valence-corrected chi connectivity index (χ0v) is 17.2. The topological polar surface area (TPSA) is 113 Å². The number of furan rings is 1. The normalized spacial score (nSPS) is 13.6. The first-order valence-electron chi connectivity index (χ1n) is 9.59. The monoisotopic (exact) mass is 398 g/mol. The van der Waals surface area contributed by atoms with Crippen LogP contribution in [-0.4, -0.2) is 17.9 Å². The number of carbonyl (C=O) groups excluding carboxylic acids is 2. The standard InChI is InChI=1S/C22H25NO6/c1-6-10(2)19(21(25)26)23-16(24)8-14-13(5)18-15(29-22(14)27)7-11(3)17-12(4)9-28-20(17)18/h7,9-10,19H,6,8H2,1-5H3,(H,23,24)(H,25,26)/p-1/t10-,19+/m1/s1.